The lowest BCUT2D eigenvalue weighted by Crippen LogP contribution is -2.05. The number of aliphatic imine (C=N–C) groups is 1. The van der Waals surface area contributed by atoms with Gasteiger partial charge >= 0.3 is 0 Å². The van der Waals surface area contributed by atoms with Crippen LogP contribution in [0.3, 0.4) is 0 Å². The highest BCUT2D eigenvalue weighted by atomic mass is 16.6. The molecule has 1 aromatic carbocycles. The largest absolute Gasteiger partial charge is 0.399 e. The number of aromatic nitrogens is 2. The summed E-state index contributed by atoms with van der Waals surface area (Å²) in [4.78, 5) is 18.0. The van der Waals surface area contributed by atoms with Crippen LogP contribution in [0, 0.1) is 6.92 Å². The molecule has 2 rings (SSSR count). The van der Waals surface area contributed by atoms with E-state index in [2.05, 4.69) is 46.4 Å². The molecule has 0 saturated carbocycles. The van der Waals surface area contributed by atoms with Crippen molar-refractivity contribution in [1.82, 2.24) is 9.97 Å². The zero-order valence-corrected chi connectivity index (χ0v) is 16.0. The topological polar surface area (TPSA) is 71.8 Å². The summed E-state index contributed by atoms with van der Waals surface area (Å²) in [7, 11) is 1.54. The predicted octanol–water partition coefficient (Wildman–Crippen LogP) is 4.31. The van der Waals surface area contributed by atoms with Crippen LogP contribution >= 0.6 is 0 Å². The van der Waals surface area contributed by atoms with Gasteiger partial charge in [0.25, 0.3) is 0 Å². The first-order valence-corrected chi connectivity index (χ1v) is 8.88. The van der Waals surface area contributed by atoms with Gasteiger partial charge in [-0.05, 0) is 31.4 Å². The lowest BCUT2D eigenvalue weighted by Gasteiger charge is -2.09. The van der Waals surface area contributed by atoms with Crippen LogP contribution in [0.1, 0.15) is 43.4 Å². The van der Waals surface area contributed by atoms with E-state index < -0.39 is 0 Å². The Morgan fingerprint density at radius 2 is 2.19 bits per heavy atom. The molecule has 1 heterocycles. The maximum Gasteiger partial charge on any atom is 0.155 e. The molecule has 1 N–H and O–H groups in total. The Hall–Kier alpha value is -2.76. The van der Waals surface area contributed by atoms with Crippen LogP contribution in [0.4, 0.5) is 11.5 Å². The number of benzene rings is 1. The maximum absolute atomic E-state index is 4.81. The number of nitrogens with one attached hydrogen (secondary N) is 1. The fourth-order valence-electron chi connectivity index (χ4n) is 2.57. The summed E-state index contributed by atoms with van der Waals surface area (Å²) < 4.78 is 0. The predicted molar refractivity (Wildman–Crippen MR) is 108 cm³/mol. The van der Waals surface area contributed by atoms with Crippen LogP contribution in [0.2, 0.25) is 0 Å². The highest BCUT2D eigenvalue weighted by Gasteiger charge is 2.06. The Bertz CT molecular complexity index is 771. The third-order valence-electron chi connectivity index (χ3n) is 3.87. The van der Waals surface area contributed by atoms with Gasteiger partial charge in [-0.25, -0.2) is 9.97 Å². The molecule has 1 aromatic heterocycles. The van der Waals surface area contributed by atoms with Crippen LogP contribution in [0.15, 0.2) is 40.9 Å². The highest BCUT2D eigenvalue weighted by Crippen LogP contribution is 2.21. The molecule has 0 aliphatic rings. The average Bonchev–Trinajstić information content (AvgIpc) is 2.62. The Kier molecular flexibility index (Phi) is 7.74. The molecule has 6 nitrogen and oxygen atoms in total. The van der Waals surface area contributed by atoms with E-state index in [0.717, 1.165) is 54.2 Å². The van der Waals surface area contributed by atoms with E-state index in [1.54, 1.807) is 25.8 Å². The molecular weight excluding hydrogens is 326 g/mol. The van der Waals surface area contributed by atoms with Gasteiger partial charge in [-0.1, -0.05) is 42.3 Å². The van der Waals surface area contributed by atoms with Gasteiger partial charge in [0, 0.05) is 18.7 Å². The first-order chi connectivity index (χ1) is 12.6. The van der Waals surface area contributed by atoms with Gasteiger partial charge in [0.2, 0.25) is 0 Å². The van der Waals surface area contributed by atoms with Gasteiger partial charge < -0.3 is 10.2 Å². The molecule has 0 fully saturated rings. The minimum absolute atomic E-state index is 0.718. The van der Waals surface area contributed by atoms with Crippen molar-refractivity contribution < 1.29 is 4.84 Å². The molecule has 0 aliphatic heterocycles. The minimum atomic E-state index is 0.718. The van der Waals surface area contributed by atoms with Crippen molar-refractivity contribution >= 4 is 23.4 Å². The van der Waals surface area contributed by atoms with Crippen molar-refractivity contribution in [2.45, 2.75) is 40.0 Å². The van der Waals surface area contributed by atoms with Crippen LogP contribution < -0.4 is 5.32 Å². The van der Waals surface area contributed by atoms with Gasteiger partial charge in [0.05, 0.1) is 12.4 Å². The van der Waals surface area contributed by atoms with Crippen molar-refractivity contribution in [3.63, 3.8) is 0 Å². The van der Waals surface area contributed by atoms with E-state index in [-0.39, 0.29) is 0 Å². The number of oxime groups is 1. The van der Waals surface area contributed by atoms with Gasteiger partial charge in [-0.2, -0.15) is 0 Å². The van der Waals surface area contributed by atoms with Gasteiger partial charge in [-0.3, -0.25) is 4.99 Å². The molecule has 0 amide bonds. The van der Waals surface area contributed by atoms with Crippen LogP contribution in [-0.4, -0.2) is 35.5 Å². The Morgan fingerprint density at radius 3 is 2.96 bits per heavy atom. The van der Waals surface area contributed by atoms with Crippen LogP contribution in [0.25, 0.3) is 0 Å². The van der Waals surface area contributed by atoms with Crippen molar-refractivity contribution in [2.24, 2.45) is 10.1 Å². The molecule has 138 valence electrons. The second-order valence-electron chi connectivity index (χ2n) is 6.18. The van der Waals surface area contributed by atoms with Gasteiger partial charge in [0.15, 0.2) is 5.82 Å². The van der Waals surface area contributed by atoms with Crippen molar-refractivity contribution in [1.29, 1.82) is 0 Å². The number of hydrogen-bond donors (Lipinski definition) is 1. The smallest absolute Gasteiger partial charge is 0.155 e. The SMILES string of the molecule is CCCCNc1ncncc1N=C(C)Cc1cc(C)ccc1/C=N/OC. The first-order valence-electron chi connectivity index (χ1n) is 8.88. The highest BCUT2D eigenvalue weighted by molar-refractivity contribution is 5.91. The number of unbranched alkanes of at least 4 members (excludes halogenated alkanes) is 1. The summed E-state index contributed by atoms with van der Waals surface area (Å²) in [6, 6.07) is 6.26. The summed E-state index contributed by atoms with van der Waals surface area (Å²) in [5.41, 5.74) is 5.13. The van der Waals surface area contributed by atoms with Crippen LogP contribution in [0.5, 0.6) is 0 Å². The standard InChI is InChI=1S/C20H27N5O/c1-5-6-9-22-20-19(13-21-14-23-20)25-16(3)11-18-10-15(2)7-8-17(18)12-24-26-4/h7-8,10,12-14H,5-6,9,11H2,1-4H3,(H,21,22,23)/b24-12+,25-16?. The number of hydrogen-bond acceptors (Lipinski definition) is 6. The molecule has 0 atom stereocenters. The quantitative estimate of drug-likeness (QED) is 0.414. The van der Waals surface area contributed by atoms with Gasteiger partial charge in [0.1, 0.15) is 19.1 Å². The average molecular weight is 353 g/mol. The summed E-state index contributed by atoms with van der Waals surface area (Å²) in [5, 5.41) is 7.22. The molecule has 0 radical (unpaired) electrons. The van der Waals surface area contributed by atoms with E-state index in [0.29, 0.717) is 0 Å². The fraction of sp³-hybridized carbons (Fsp3) is 0.400. The summed E-state index contributed by atoms with van der Waals surface area (Å²) >= 11 is 0. The number of anilines is 1. The zero-order chi connectivity index (χ0) is 18.8. The van der Waals surface area contributed by atoms with Crippen molar-refractivity contribution in [3.8, 4) is 0 Å². The monoisotopic (exact) mass is 353 g/mol. The third-order valence-corrected chi connectivity index (χ3v) is 3.87. The minimum Gasteiger partial charge on any atom is -0.399 e. The number of rotatable bonds is 9. The van der Waals surface area contributed by atoms with E-state index in [1.165, 1.54) is 5.56 Å². The fourth-order valence-corrected chi connectivity index (χ4v) is 2.57. The van der Waals surface area contributed by atoms with Crippen LogP contribution in [-0.2, 0) is 11.3 Å². The summed E-state index contributed by atoms with van der Waals surface area (Å²) in [6.07, 6.45) is 7.96. The molecule has 0 spiro atoms. The molecule has 0 bridgehead atoms. The lowest BCUT2D eigenvalue weighted by atomic mass is 10.0. The first kappa shape index (κ1) is 19.6. The second kappa shape index (κ2) is 10.3. The van der Waals surface area contributed by atoms with E-state index in [4.69, 9.17) is 9.83 Å². The Labute approximate surface area is 155 Å². The normalized spacial score (nSPS) is 11.8. The zero-order valence-electron chi connectivity index (χ0n) is 16.0. The number of nitrogens with zero attached hydrogens (tertiary/aromatic N) is 4. The summed E-state index contributed by atoms with van der Waals surface area (Å²) in [6.45, 7) is 7.14. The van der Waals surface area contributed by atoms with Crippen molar-refractivity contribution in [3.05, 3.63) is 47.4 Å². The molecule has 0 aliphatic carbocycles. The maximum atomic E-state index is 4.81. The van der Waals surface area contributed by atoms with Crippen molar-refractivity contribution in [2.75, 3.05) is 19.0 Å². The molecule has 2 aromatic rings. The lowest BCUT2D eigenvalue weighted by molar-refractivity contribution is 0.215. The molecular formula is C20H27N5O. The molecule has 0 unspecified atom stereocenters. The summed E-state index contributed by atoms with van der Waals surface area (Å²) in [5.74, 6) is 0.776. The number of aryl methyl sites for hydroxylation is 1. The Balaban J connectivity index is 2.21. The van der Waals surface area contributed by atoms with Gasteiger partial charge in [-0.15, -0.1) is 0 Å². The van der Waals surface area contributed by atoms with E-state index >= 15 is 0 Å². The molecule has 6 heteroatoms. The molecule has 26 heavy (non-hydrogen) atoms. The Morgan fingerprint density at radius 1 is 1.35 bits per heavy atom. The third kappa shape index (κ3) is 5.95. The van der Waals surface area contributed by atoms with E-state index in [1.807, 2.05) is 13.0 Å². The molecule has 0 saturated heterocycles. The van der Waals surface area contributed by atoms with E-state index in [9.17, 15) is 0 Å². The second-order valence-corrected chi connectivity index (χ2v) is 6.18.